The average molecular weight is 232 g/mol. The van der Waals surface area contributed by atoms with Crippen LogP contribution in [0.15, 0.2) is 0 Å². The Morgan fingerprint density at radius 3 is 1.06 bits per heavy atom. The normalized spacial score (nSPS) is 9.75. The Bertz CT molecular complexity index is 82.7. The topological polar surface area (TPSA) is 18.5 Å². The van der Waals surface area contributed by atoms with Crippen LogP contribution in [-0.4, -0.2) is 13.2 Å². The Labute approximate surface area is 103 Å². The van der Waals surface area contributed by atoms with Crippen molar-refractivity contribution >= 4 is 0 Å². The SMILES string of the molecule is CCCCCC.CCCCOOCCCC. The van der Waals surface area contributed by atoms with Crippen LogP contribution in [0.25, 0.3) is 0 Å². The molecule has 0 rings (SSSR count). The van der Waals surface area contributed by atoms with Crippen molar-refractivity contribution in [3.05, 3.63) is 0 Å². The van der Waals surface area contributed by atoms with Crippen molar-refractivity contribution in [1.82, 2.24) is 0 Å². The summed E-state index contributed by atoms with van der Waals surface area (Å²) in [6, 6.07) is 0. The van der Waals surface area contributed by atoms with Gasteiger partial charge in [0, 0.05) is 0 Å². The van der Waals surface area contributed by atoms with Gasteiger partial charge in [0.1, 0.15) is 0 Å². The highest BCUT2D eigenvalue weighted by molar-refractivity contribution is 4.31. The minimum Gasteiger partial charge on any atom is -0.237 e. The Kier molecular flexibility index (Phi) is 23.3. The first-order valence-electron chi connectivity index (χ1n) is 7.07. The summed E-state index contributed by atoms with van der Waals surface area (Å²) in [4.78, 5) is 9.75. The fourth-order valence-electron chi connectivity index (χ4n) is 1.02. The van der Waals surface area contributed by atoms with E-state index < -0.39 is 0 Å². The standard InChI is InChI=1S/C8H18O2.C6H14/c1-3-5-7-9-10-8-6-4-2;1-3-5-6-4-2/h3-8H2,1-2H3;3-6H2,1-2H3. The fraction of sp³-hybridized carbons (Fsp3) is 1.00. The molecule has 2 nitrogen and oxygen atoms in total. The van der Waals surface area contributed by atoms with E-state index in [-0.39, 0.29) is 0 Å². The van der Waals surface area contributed by atoms with Crippen molar-refractivity contribution in [3.8, 4) is 0 Å². The van der Waals surface area contributed by atoms with E-state index in [0.717, 1.165) is 38.9 Å². The molecular weight excluding hydrogens is 200 g/mol. The zero-order valence-corrected chi connectivity index (χ0v) is 11.9. The monoisotopic (exact) mass is 232 g/mol. The van der Waals surface area contributed by atoms with E-state index >= 15 is 0 Å². The third-order valence-electron chi connectivity index (χ3n) is 2.20. The van der Waals surface area contributed by atoms with Crippen LogP contribution < -0.4 is 0 Å². The lowest BCUT2D eigenvalue weighted by atomic mass is 10.2. The van der Waals surface area contributed by atoms with Crippen LogP contribution in [0.2, 0.25) is 0 Å². The summed E-state index contributed by atoms with van der Waals surface area (Å²) in [6.07, 6.45) is 10.0. The summed E-state index contributed by atoms with van der Waals surface area (Å²) < 4.78 is 0. The second-order valence-corrected chi connectivity index (χ2v) is 4.06. The van der Waals surface area contributed by atoms with Crippen molar-refractivity contribution in [2.24, 2.45) is 0 Å². The minimum absolute atomic E-state index is 0.736. The molecule has 0 bridgehead atoms. The van der Waals surface area contributed by atoms with Crippen molar-refractivity contribution in [2.45, 2.75) is 79.1 Å². The van der Waals surface area contributed by atoms with Crippen LogP contribution in [0.3, 0.4) is 0 Å². The summed E-state index contributed by atoms with van der Waals surface area (Å²) in [5.41, 5.74) is 0. The molecule has 0 N–H and O–H groups in total. The van der Waals surface area contributed by atoms with Gasteiger partial charge in [-0.25, -0.2) is 9.78 Å². The lowest BCUT2D eigenvalue weighted by Crippen LogP contribution is -1.97. The summed E-state index contributed by atoms with van der Waals surface area (Å²) in [7, 11) is 0. The first kappa shape index (κ1) is 18.3. The molecule has 16 heavy (non-hydrogen) atoms. The maximum Gasteiger partial charge on any atom is 0.0822 e. The molecule has 0 atom stereocenters. The molecule has 0 heterocycles. The molecule has 0 spiro atoms. The van der Waals surface area contributed by atoms with Gasteiger partial charge in [0.2, 0.25) is 0 Å². The summed E-state index contributed by atoms with van der Waals surface area (Å²) in [5.74, 6) is 0. The highest BCUT2D eigenvalue weighted by Gasteiger charge is 1.86. The number of hydrogen-bond donors (Lipinski definition) is 0. The Morgan fingerprint density at radius 1 is 0.500 bits per heavy atom. The van der Waals surface area contributed by atoms with E-state index in [2.05, 4.69) is 27.7 Å². The van der Waals surface area contributed by atoms with Gasteiger partial charge < -0.3 is 0 Å². The summed E-state index contributed by atoms with van der Waals surface area (Å²) in [5, 5.41) is 0. The molecule has 0 radical (unpaired) electrons. The number of rotatable bonds is 10. The quantitative estimate of drug-likeness (QED) is 0.295. The van der Waals surface area contributed by atoms with Gasteiger partial charge >= 0.3 is 0 Å². The average Bonchev–Trinajstić information content (AvgIpc) is 2.32. The molecule has 0 aromatic rings. The van der Waals surface area contributed by atoms with Gasteiger partial charge in [0.15, 0.2) is 0 Å². The van der Waals surface area contributed by atoms with E-state index in [1.807, 2.05) is 0 Å². The molecule has 0 amide bonds. The maximum absolute atomic E-state index is 4.88. The Balaban J connectivity index is 0. The molecule has 0 aromatic carbocycles. The predicted octanol–water partition coefficient (Wildman–Crippen LogP) is 5.12. The molecule has 0 aliphatic heterocycles. The largest absolute Gasteiger partial charge is 0.237 e. The Morgan fingerprint density at radius 2 is 0.812 bits per heavy atom. The van der Waals surface area contributed by atoms with Crippen molar-refractivity contribution < 1.29 is 9.78 Å². The van der Waals surface area contributed by atoms with Crippen LogP contribution in [-0.2, 0) is 9.78 Å². The van der Waals surface area contributed by atoms with Gasteiger partial charge in [-0.05, 0) is 12.8 Å². The molecule has 2 heteroatoms. The highest BCUT2D eigenvalue weighted by atomic mass is 17.2. The van der Waals surface area contributed by atoms with Gasteiger partial charge in [0.05, 0.1) is 13.2 Å². The minimum atomic E-state index is 0.736. The number of hydrogen-bond acceptors (Lipinski definition) is 2. The van der Waals surface area contributed by atoms with E-state index in [4.69, 9.17) is 9.78 Å². The van der Waals surface area contributed by atoms with Crippen LogP contribution >= 0.6 is 0 Å². The lowest BCUT2D eigenvalue weighted by Gasteiger charge is -2.00. The molecular formula is C14H32O2. The van der Waals surface area contributed by atoms with E-state index in [1.54, 1.807) is 0 Å². The Hall–Kier alpha value is -0.0800. The number of unbranched alkanes of at least 4 members (excludes halogenated alkanes) is 5. The van der Waals surface area contributed by atoms with E-state index in [1.165, 1.54) is 25.7 Å². The lowest BCUT2D eigenvalue weighted by molar-refractivity contribution is -0.295. The third kappa shape index (κ3) is 23.6. The van der Waals surface area contributed by atoms with Gasteiger partial charge in [-0.15, -0.1) is 0 Å². The van der Waals surface area contributed by atoms with Gasteiger partial charge in [-0.2, -0.15) is 0 Å². The molecule has 0 fully saturated rings. The van der Waals surface area contributed by atoms with Crippen LogP contribution in [0, 0.1) is 0 Å². The first-order valence-corrected chi connectivity index (χ1v) is 7.07. The molecule has 0 aliphatic carbocycles. The van der Waals surface area contributed by atoms with E-state index in [9.17, 15) is 0 Å². The zero-order chi connectivity index (χ0) is 12.5. The van der Waals surface area contributed by atoms with Gasteiger partial charge in [-0.3, -0.25) is 0 Å². The van der Waals surface area contributed by atoms with Crippen molar-refractivity contribution in [2.75, 3.05) is 13.2 Å². The molecule has 100 valence electrons. The third-order valence-corrected chi connectivity index (χ3v) is 2.20. The van der Waals surface area contributed by atoms with Crippen molar-refractivity contribution in [1.29, 1.82) is 0 Å². The highest BCUT2D eigenvalue weighted by Crippen LogP contribution is 1.95. The smallest absolute Gasteiger partial charge is 0.0822 e. The fourth-order valence-corrected chi connectivity index (χ4v) is 1.02. The molecule has 0 aromatic heterocycles. The van der Waals surface area contributed by atoms with Gasteiger partial charge in [-0.1, -0.05) is 66.2 Å². The summed E-state index contributed by atoms with van der Waals surface area (Å²) in [6.45, 7) is 10.2. The first-order chi connectivity index (χ1) is 7.83. The van der Waals surface area contributed by atoms with Crippen LogP contribution in [0.4, 0.5) is 0 Å². The molecule has 0 saturated carbocycles. The maximum atomic E-state index is 4.88. The van der Waals surface area contributed by atoms with Crippen molar-refractivity contribution in [3.63, 3.8) is 0 Å². The zero-order valence-electron chi connectivity index (χ0n) is 11.9. The summed E-state index contributed by atoms with van der Waals surface area (Å²) >= 11 is 0. The van der Waals surface area contributed by atoms with Crippen LogP contribution in [0.1, 0.15) is 79.1 Å². The van der Waals surface area contributed by atoms with E-state index in [0.29, 0.717) is 0 Å². The second kappa shape index (κ2) is 20.3. The molecule has 0 unspecified atom stereocenters. The van der Waals surface area contributed by atoms with Crippen LogP contribution in [0.5, 0.6) is 0 Å². The molecule has 0 aliphatic rings. The molecule has 0 saturated heterocycles. The van der Waals surface area contributed by atoms with Gasteiger partial charge in [0.25, 0.3) is 0 Å². The predicted molar refractivity (Wildman–Crippen MR) is 71.5 cm³/mol. The second-order valence-electron chi connectivity index (χ2n) is 4.06.